The molecule has 0 unspecified atom stereocenters. The Morgan fingerprint density at radius 1 is 1.18 bits per heavy atom. The van der Waals surface area contributed by atoms with Gasteiger partial charge in [-0.1, -0.05) is 0 Å². The second-order valence-electron chi connectivity index (χ2n) is 5.69. The quantitative estimate of drug-likeness (QED) is 0.455. The molecule has 0 spiro atoms. The fourth-order valence-electron chi connectivity index (χ4n) is 2.50. The van der Waals surface area contributed by atoms with E-state index in [0.29, 0.717) is 5.56 Å². The lowest BCUT2D eigenvalue weighted by Gasteiger charge is -2.17. The first-order valence-electron chi connectivity index (χ1n) is 7.22. The number of amides is 1. The van der Waals surface area contributed by atoms with E-state index in [1.807, 2.05) is 31.1 Å². The van der Waals surface area contributed by atoms with E-state index in [1.54, 1.807) is 12.1 Å². The fraction of sp³-hybridized carbons (Fsp3) is 0.533. The Bertz CT molecular complexity index is 506. The van der Waals surface area contributed by atoms with Crippen molar-refractivity contribution in [1.29, 1.82) is 0 Å². The summed E-state index contributed by atoms with van der Waals surface area (Å²) in [6.07, 6.45) is -2.06. The van der Waals surface area contributed by atoms with Crippen molar-refractivity contribution in [3.05, 3.63) is 29.8 Å². The number of benzene rings is 1. The standard InChI is InChI=1S/C15H23N3O4/c1-18(2)10-5-3-9(4-6-10)15(22)16-7-11-13(20)14(21)12(8-19)17-11/h3-6,11-14,17,19-21H,7-8H2,1-2H3,(H,16,22)/t11-,12-,13-,14-/m1/s1. The smallest absolute Gasteiger partial charge is 0.251 e. The van der Waals surface area contributed by atoms with Gasteiger partial charge in [-0.15, -0.1) is 0 Å². The molecule has 5 N–H and O–H groups in total. The van der Waals surface area contributed by atoms with E-state index in [9.17, 15) is 15.0 Å². The maximum atomic E-state index is 12.1. The maximum absolute atomic E-state index is 12.1. The zero-order valence-electron chi connectivity index (χ0n) is 12.7. The molecule has 0 radical (unpaired) electrons. The molecule has 22 heavy (non-hydrogen) atoms. The van der Waals surface area contributed by atoms with Gasteiger partial charge >= 0.3 is 0 Å². The average Bonchev–Trinajstić information content (AvgIpc) is 2.80. The van der Waals surface area contributed by atoms with E-state index in [0.717, 1.165) is 5.69 Å². The Labute approximate surface area is 129 Å². The number of hydrogen-bond donors (Lipinski definition) is 5. The number of carbonyl (C=O) groups excluding carboxylic acids is 1. The van der Waals surface area contributed by atoms with Gasteiger partial charge in [-0.2, -0.15) is 0 Å². The molecule has 0 aliphatic carbocycles. The van der Waals surface area contributed by atoms with E-state index >= 15 is 0 Å². The molecule has 1 aromatic rings. The second-order valence-corrected chi connectivity index (χ2v) is 5.69. The summed E-state index contributed by atoms with van der Waals surface area (Å²) in [5, 5.41) is 34.3. The Morgan fingerprint density at radius 2 is 1.77 bits per heavy atom. The molecule has 0 aromatic heterocycles. The van der Waals surface area contributed by atoms with Crippen LogP contribution in [0.4, 0.5) is 5.69 Å². The van der Waals surface area contributed by atoms with E-state index in [4.69, 9.17) is 5.11 Å². The van der Waals surface area contributed by atoms with Gasteiger partial charge in [0.25, 0.3) is 5.91 Å². The number of nitrogens with one attached hydrogen (secondary N) is 2. The van der Waals surface area contributed by atoms with Gasteiger partial charge in [0.1, 0.15) is 0 Å². The molecule has 1 aliphatic rings. The molecule has 7 heteroatoms. The third-order valence-corrected chi connectivity index (χ3v) is 3.93. The average molecular weight is 309 g/mol. The molecule has 1 saturated heterocycles. The van der Waals surface area contributed by atoms with Crippen LogP contribution in [0.15, 0.2) is 24.3 Å². The van der Waals surface area contributed by atoms with Gasteiger partial charge < -0.3 is 30.9 Å². The molecule has 4 atom stereocenters. The third-order valence-electron chi connectivity index (χ3n) is 3.93. The summed E-state index contributed by atoms with van der Waals surface area (Å²) in [6.45, 7) is -0.0995. The van der Waals surface area contributed by atoms with Crippen LogP contribution in [-0.2, 0) is 0 Å². The largest absolute Gasteiger partial charge is 0.395 e. The fourth-order valence-corrected chi connectivity index (χ4v) is 2.50. The van der Waals surface area contributed by atoms with Crippen LogP contribution < -0.4 is 15.5 Å². The predicted octanol–water partition coefficient (Wildman–Crippen LogP) is -1.46. The third kappa shape index (κ3) is 3.56. The summed E-state index contributed by atoms with van der Waals surface area (Å²) in [4.78, 5) is 14.0. The Hall–Kier alpha value is -1.67. The summed E-state index contributed by atoms with van der Waals surface area (Å²) >= 11 is 0. The van der Waals surface area contributed by atoms with Crippen molar-refractivity contribution in [2.75, 3.05) is 32.1 Å². The molecule has 0 bridgehead atoms. The van der Waals surface area contributed by atoms with Crippen molar-refractivity contribution in [3.8, 4) is 0 Å². The topological polar surface area (TPSA) is 105 Å². The number of rotatable bonds is 5. The number of hydrogen-bond acceptors (Lipinski definition) is 6. The van der Waals surface area contributed by atoms with Gasteiger partial charge in [-0.05, 0) is 24.3 Å². The molecule has 1 aliphatic heterocycles. The molecule has 122 valence electrons. The van der Waals surface area contributed by atoms with Crippen molar-refractivity contribution in [2.45, 2.75) is 24.3 Å². The molecule has 1 fully saturated rings. The minimum absolute atomic E-state index is 0.170. The summed E-state index contributed by atoms with van der Waals surface area (Å²) in [6, 6.07) is 6.10. The molecule has 7 nitrogen and oxygen atoms in total. The molecule has 0 saturated carbocycles. The van der Waals surface area contributed by atoms with Crippen LogP contribution >= 0.6 is 0 Å². The normalized spacial score (nSPS) is 27.7. The SMILES string of the molecule is CN(C)c1ccc(C(=O)NC[C@H]2N[C@H](CO)[C@@H](O)[C@@H]2O)cc1. The molecule has 1 aromatic carbocycles. The van der Waals surface area contributed by atoms with E-state index in [-0.39, 0.29) is 19.1 Å². The van der Waals surface area contributed by atoms with Crippen LogP contribution in [-0.4, -0.2) is 72.8 Å². The van der Waals surface area contributed by atoms with Crippen molar-refractivity contribution in [1.82, 2.24) is 10.6 Å². The second kappa shape index (κ2) is 7.06. The number of nitrogens with zero attached hydrogens (tertiary/aromatic N) is 1. The van der Waals surface area contributed by atoms with Crippen LogP contribution in [0, 0.1) is 0 Å². The molecular formula is C15H23N3O4. The lowest BCUT2D eigenvalue weighted by Crippen LogP contribution is -2.44. The van der Waals surface area contributed by atoms with Crippen molar-refractivity contribution < 1.29 is 20.1 Å². The van der Waals surface area contributed by atoms with E-state index < -0.39 is 24.3 Å². The molecular weight excluding hydrogens is 286 g/mol. The first-order valence-corrected chi connectivity index (χ1v) is 7.22. The van der Waals surface area contributed by atoms with E-state index in [1.165, 1.54) is 0 Å². The highest BCUT2D eigenvalue weighted by atomic mass is 16.3. The first kappa shape index (κ1) is 16.7. The van der Waals surface area contributed by atoms with Gasteiger partial charge in [0.15, 0.2) is 0 Å². The van der Waals surface area contributed by atoms with Crippen molar-refractivity contribution in [3.63, 3.8) is 0 Å². The highest BCUT2D eigenvalue weighted by Crippen LogP contribution is 2.15. The number of carbonyl (C=O) groups is 1. The molecule has 2 rings (SSSR count). The van der Waals surface area contributed by atoms with Gasteiger partial charge in [-0.3, -0.25) is 4.79 Å². The van der Waals surface area contributed by atoms with E-state index in [2.05, 4.69) is 10.6 Å². The number of anilines is 1. The Balaban J connectivity index is 1.90. The van der Waals surface area contributed by atoms with Crippen LogP contribution in [0.25, 0.3) is 0 Å². The van der Waals surface area contributed by atoms with Crippen LogP contribution in [0.5, 0.6) is 0 Å². The summed E-state index contributed by atoms with van der Waals surface area (Å²) < 4.78 is 0. The Kier molecular flexibility index (Phi) is 5.36. The lowest BCUT2D eigenvalue weighted by atomic mass is 10.1. The number of aliphatic hydroxyl groups is 3. The summed E-state index contributed by atoms with van der Waals surface area (Å²) in [5.74, 6) is -0.249. The Morgan fingerprint density at radius 3 is 2.27 bits per heavy atom. The van der Waals surface area contributed by atoms with Gasteiger partial charge in [0.05, 0.1) is 30.9 Å². The highest BCUT2D eigenvalue weighted by molar-refractivity contribution is 5.94. The lowest BCUT2D eigenvalue weighted by molar-refractivity contribution is 0.0197. The maximum Gasteiger partial charge on any atom is 0.251 e. The zero-order valence-corrected chi connectivity index (χ0v) is 12.7. The molecule has 1 amide bonds. The van der Waals surface area contributed by atoms with Gasteiger partial charge in [-0.25, -0.2) is 0 Å². The predicted molar refractivity (Wildman–Crippen MR) is 82.9 cm³/mol. The first-order chi connectivity index (χ1) is 10.4. The van der Waals surface area contributed by atoms with Crippen LogP contribution in [0.3, 0.4) is 0 Å². The van der Waals surface area contributed by atoms with Gasteiger partial charge in [0.2, 0.25) is 0 Å². The van der Waals surface area contributed by atoms with Crippen molar-refractivity contribution in [2.24, 2.45) is 0 Å². The number of aliphatic hydroxyl groups excluding tert-OH is 3. The van der Waals surface area contributed by atoms with Crippen LogP contribution in [0.1, 0.15) is 10.4 Å². The van der Waals surface area contributed by atoms with Gasteiger partial charge in [0, 0.05) is 31.9 Å². The summed E-state index contributed by atoms with van der Waals surface area (Å²) in [7, 11) is 3.84. The monoisotopic (exact) mass is 309 g/mol. The van der Waals surface area contributed by atoms with Crippen molar-refractivity contribution >= 4 is 11.6 Å². The highest BCUT2D eigenvalue weighted by Gasteiger charge is 2.40. The zero-order chi connectivity index (χ0) is 16.3. The summed E-state index contributed by atoms with van der Waals surface area (Å²) in [5.41, 5.74) is 1.52. The minimum atomic E-state index is -1.04. The minimum Gasteiger partial charge on any atom is -0.395 e. The van der Waals surface area contributed by atoms with Crippen LogP contribution in [0.2, 0.25) is 0 Å². The molecule has 1 heterocycles.